The molecule has 2 aromatic rings. The second-order valence-corrected chi connectivity index (χ2v) is 6.22. The predicted molar refractivity (Wildman–Crippen MR) is 111 cm³/mol. The lowest BCUT2D eigenvalue weighted by Gasteiger charge is -2.44. The van der Waals surface area contributed by atoms with Gasteiger partial charge >= 0.3 is 0 Å². The van der Waals surface area contributed by atoms with Gasteiger partial charge in [0.05, 0.1) is 5.92 Å². The number of Topliss-reactive ketones (excluding diaryl/α,β-unsaturated/α-hetero) is 1. The molecule has 1 fully saturated rings. The monoisotopic (exact) mass is 451 g/mol. The highest BCUT2D eigenvalue weighted by molar-refractivity contribution is 14.1. The van der Waals surface area contributed by atoms with Crippen LogP contribution in [-0.4, -0.2) is 40.4 Å². The number of halogens is 1. The fraction of sp³-hybridized carbons (Fsp3) is 0.381. The van der Waals surface area contributed by atoms with Gasteiger partial charge in [0.2, 0.25) is 0 Å². The zero-order valence-electron chi connectivity index (χ0n) is 14.9. The van der Waals surface area contributed by atoms with E-state index < -0.39 is 11.5 Å². The third-order valence-corrected chi connectivity index (χ3v) is 4.92. The molecular weight excluding hydrogens is 425 g/mol. The third kappa shape index (κ3) is 4.49. The van der Waals surface area contributed by atoms with Crippen molar-refractivity contribution in [3.63, 3.8) is 0 Å². The normalized spacial score (nSPS) is 23.4. The summed E-state index contributed by atoms with van der Waals surface area (Å²) in [5.41, 5.74) is 0.412. The Labute approximate surface area is 164 Å². The molecule has 0 aliphatic carbocycles. The van der Waals surface area contributed by atoms with E-state index in [9.17, 15) is 9.90 Å². The summed E-state index contributed by atoms with van der Waals surface area (Å²) < 4.78 is 0. The van der Waals surface area contributed by atoms with E-state index in [4.69, 9.17) is 0 Å². The third-order valence-electron chi connectivity index (χ3n) is 4.92. The molecule has 1 aliphatic heterocycles. The van der Waals surface area contributed by atoms with Crippen molar-refractivity contribution in [1.82, 2.24) is 4.90 Å². The Balaban J connectivity index is 0.00000109. The van der Waals surface area contributed by atoms with E-state index in [1.165, 1.54) is 0 Å². The smallest absolute Gasteiger partial charge is 0.170 e. The van der Waals surface area contributed by atoms with Crippen LogP contribution in [0.3, 0.4) is 0 Å². The van der Waals surface area contributed by atoms with Crippen LogP contribution < -0.4 is 0 Å². The molecule has 0 aromatic heterocycles. The number of likely N-dealkylation sites (tertiary alicyclic amines) is 1. The number of alkyl halides is 1. The highest BCUT2D eigenvalue weighted by Crippen LogP contribution is 2.39. The van der Waals surface area contributed by atoms with Gasteiger partial charge in [0.1, 0.15) is 5.60 Å². The number of rotatable bonds is 4. The largest absolute Gasteiger partial charge is 0.384 e. The molecule has 1 saturated heterocycles. The summed E-state index contributed by atoms with van der Waals surface area (Å²) in [4.78, 5) is 17.3. The summed E-state index contributed by atoms with van der Waals surface area (Å²) >= 11 is 2.15. The van der Waals surface area contributed by atoms with Crippen LogP contribution in [0.4, 0.5) is 0 Å². The van der Waals surface area contributed by atoms with E-state index in [2.05, 4.69) is 34.4 Å². The maximum absolute atomic E-state index is 13.1. The molecule has 2 atom stereocenters. The first-order chi connectivity index (χ1) is 12.1. The van der Waals surface area contributed by atoms with Crippen molar-refractivity contribution in [2.75, 3.05) is 24.6 Å². The number of nitrogens with zero attached hydrogens (tertiary/aromatic N) is 1. The van der Waals surface area contributed by atoms with Crippen LogP contribution >= 0.6 is 22.6 Å². The number of hydrogen-bond donors (Lipinski definition) is 1. The molecular formula is C21H26INO2. The highest BCUT2D eigenvalue weighted by Gasteiger charge is 2.46. The van der Waals surface area contributed by atoms with Gasteiger partial charge in [-0.3, -0.25) is 4.79 Å². The molecule has 0 amide bonds. The highest BCUT2D eigenvalue weighted by atomic mass is 127. The number of carbonyl (C=O) groups is 1. The molecule has 2 aromatic carbocycles. The van der Waals surface area contributed by atoms with Gasteiger partial charge in [0, 0.05) is 18.7 Å². The maximum Gasteiger partial charge on any atom is 0.170 e. The SMILES string of the molecule is CCN1CCC(O)(c2ccccc2)C(C(=O)c2ccccc2)C1.CI. The van der Waals surface area contributed by atoms with Crippen LogP contribution in [0.5, 0.6) is 0 Å². The first-order valence-electron chi connectivity index (χ1n) is 8.62. The van der Waals surface area contributed by atoms with E-state index in [0.717, 1.165) is 18.7 Å². The zero-order chi connectivity index (χ0) is 18.3. The van der Waals surface area contributed by atoms with Crippen LogP contribution in [0.2, 0.25) is 0 Å². The zero-order valence-corrected chi connectivity index (χ0v) is 17.0. The van der Waals surface area contributed by atoms with Crippen molar-refractivity contribution in [2.24, 2.45) is 5.92 Å². The number of aliphatic hydroxyl groups is 1. The molecule has 0 saturated carbocycles. The number of hydrogen-bond acceptors (Lipinski definition) is 3. The number of ketones is 1. The Morgan fingerprint density at radius 3 is 2.24 bits per heavy atom. The number of piperidine rings is 1. The average molecular weight is 451 g/mol. The van der Waals surface area contributed by atoms with Crippen molar-refractivity contribution >= 4 is 28.4 Å². The lowest BCUT2D eigenvalue weighted by Crippen LogP contribution is -2.53. The van der Waals surface area contributed by atoms with Gasteiger partial charge in [-0.25, -0.2) is 0 Å². The topological polar surface area (TPSA) is 40.5 Å². The van der Waals surface area contributed by atoms with Gasteiger partial charge in [0.25, 0.3) is 0 Å². The quantitative estimate of drug-likeness (QED) is 0.432. The van der Waals surface area contributed by atoms with E-state index in [1.54, 1.807) is 0 Å². The maximum atomic E-state index is 13.1. The summed E-state index contributed by atoms with van der Waals surface area (Å²) in [7, 11) is 0. The van der Waals surface area contributed by atoms with Gasteiger partial charge in [0.15, 0.2) is 5.78 Å². The van der Waals surface area contributed by atoms with Gasteiger partial charge in [-0.05, 0) is 23.5 Å². The molecule has 4 heteroatoms. The second kappa shape index (κ2) is 9.46. The van der Waals surface area contributed by atoms with Gasteiger partial charge in [-0.15, -0.1) is 0 Å². The minimum absolute atomic E-state index is 0.0232. The van der Waals surface area contributed by atoms with Crippen molar-refractivity contribution in [2.45, 2.75) is 18.9 Å². The average Bonchev–Trinajstić information content (AvgIpc) is 2.70. The summed E-state index contributed by atoms with van der Waals surface area (Å²) in [6, 6.07) is 18.9. The molecule has 3 rings (SSSR count). The molecule has 134 valence electrons. The lowest BCUT2D eigenvalue weighted by molar-refractivity contribution is -0.0631. The molecule has 1 heterocycles. The molecule has 25 heavy (non-hydrogen) atoms. The molecule has 3 nitrogen and oxygen atoms in total. The predicted octanol–water partition coefficient (Wildman–Crippen LogP) is 4.15. The number of carbonyl (C=O) groups excluding carboxylic acids is 1. The summed E-state index contributed by atoms with van der Waals surface area (Å²) in [6.45, 7) is 4.39. The molecule has 1 aliphatic rings. The first kappa shape index (κ1) is 20.1. The molecule has 0 bridgehead atoms. The molecule has 0 radical (unpaired) electrons. The second-order valence-electron chi connectivity index (χ2n) is 6.22. The van der Waals surface area contributed by atoms with E-state index in [0.29, 0.717) is 18.5 Å². The van der Waals surface area contributed by atoms with Crippen LogP contribution in [0.15, 0.2) is 60.7 Å². The van der Waals surface area contributed by atoms with Gasteiger partial charge in [-0.2, -0.15) is 0 Å². The van der Waals surface area contributed by atoms with Crippen molar-refractivity contribution in [3.05, 3.63) is 71.8 Å². The Kier molecular flexibility index (Phi) is 7.59. The first-order valence-corrected chi connectivity index (χ1v) is 10.8. The Hall–Kier alpha value is -1.24. The van der Waals surface area contributed by atoms with E-state index in [-0.39, 0.29) is 5.78 Å². The molecule has 2 unspecified atom stereocenters. The van der Waals surface area contributed by atoms with Crippen LogP contribution in [0.1, 0.15) is 29.3 Å². The summed E-state index contributed by atoms with van der Waals surface area (Å²) in [5.74, 6) is -0.420. The fourth-order valence-corrected chi connectivity index (χ4v) is 3.47. The number of benzene rings is 2. The van der Waals surface area contributed by atoms with Crippen molar-refractivity contribution < 1.29 is 9.90 Å². The Bertz CT molecular complexity index is 662. The minimum atomic E-state index is -1.10. The molecule has 1 N–H and O–H groups in total. The Morgan fingerprint density at radius 2 is 1.68 bits per heavy atom. The van der Waals surface area contributed by atoms with Crippen LogP contribution in [0.25, 0.3) is 0 Å². The van der Waals surface area contributed by atoms with Crippen molar-refractivity contribution in [1.29, 1.82) is 0 Å². The lowest BCUT2D eigenvalue weighted by atomic mass is 9.72. The fourth-order valence-electron chi connectivity index (χ4n) is 3.47. The Morgan fingerprint density at radius 1 is 1.12 bits per heavy atom. The van der Waals surface area contributed by atoms with Crippen LogP contribution in [-0.2, 0) is 5.60 Å². The summed E-state index contributed by atoms with van der Waals surface area (Å²) in [6.07, 6.45) is 0.577. The molecule has 0 spiro atoms. The van der Waals surface area contributed by atoms with Crippen LogP contribution in [0, 0.1) is 5.92 Å². The van der Waals surface area contributed by atoms with E-state index >= 15 is 0 Å². The van der Waals surface area contributed by atoms with Crippen molar-refractivity contribution in [3.8, 4) is 0 Å². The summed E-state index contributed by atoms with van der Waals surface area (Å²) in [5, 5.41) is 11.4. The van der Waals surface area contributed by atoms with E-state index in [1.807, 2.05) is 65.6 Å². The van der Waals surface area contributed by atoms with Gasteiger partial charge in [-0.1, -0.05) is 90.2 Å². The van der Waals surface area contributed by atoms with Gasteiger partial charge < -0.3 is 10.0 Å². The standard InChI is InChI=1S/C20H23NO2.CH3I/c1-2-21-14-13-20(23,17-11-7-4-8-12-17)18(15-21)19(22)16-9-5-3-6-10-16;1-2/h3-12,18,23H,2,13-15H2,1H3;1H3. The minimum Gasteiger partial charge on any atom is -0.384 e.